The number of sulfonamides is 1. The SMILES string of the molecule is CC.Cc1ccc(C#N)c(S(=O)(=O)N2CCCCC2)c1. The van der Waals surface area contributed by atoms with Crippen molar-refractivity contribution < 1.29 is 8.42 Å². The van der Waals surface area contributed by atoms with E-state index in [1.165, 1.54) is 4.31 Å². The van der Waals surface area contributed by atoms with E-state index in [-0.39, 0.29) is 10.5 Å². The molecule has 1 saturated heterocycles. The summed E-state index contributed by atoms with van der Waals surface area (Å²) in [6, 6.07) is 6.88. The minimum atomic E-state index is -3.52. The Morgan fingerprint density at radius 1 is 1.15 bits per heavy atom. The van der Waals surface area contributed by atoms with Crippen LogP contribution >= 0.6 is 0 Å². The van der Waals surface area contributed by atoms with Crippen LogP contribution in [0.25, 0.3) is 0 Å². The summed E-state index contributed by atoms with van der Waals surface area (Å²) < 4.78 is 26.5. The van der Waals surface area contributed by atoms with Crippen LogP contribution in [0, 0.1) is 18.3 Å². The van der Waals surface area contributed by atoms with Crippen LogP contribution in [0.1, 0.15) is 44.2 Å². The Bertz CT molecular complexity index is 582. The second-order valence-electron chi connectivity index (χ2n) is 4.58. The molecule has 1 aliphatic heterocycles. The molecule has 1 fully saturated rings. The summed E-state index contributed by atoms with van der Waals surface area (Å²) in [4.78, 5) is 0.145. The van der Waals surface area contributed by atoms with Crippen molar-refractivity contribution in [3.05, 3.63) is 29.3 Å². The molecule has 0 saturated carbocycles. The molecule has 0 atom stereocenters. The molecular weight excluding hydrogens is 272 g/mol. The Morgan fingerprint density at radius 2 is 1.75 bits per heavy atom. The van der Waals surface area contributed by atoms with Gasteiger partial charge < -0.3 is 0 Å². The van der Waals surface area contributed by atoms with Crippen molar-refractivity contribution in [2.75, 3.05) is 13.1 Å². The maximum atomic E-state index is 12.5. The fourth-order valence-electron chi connectivity index (χ4n) is 2.18. The monoisotopic (exact) mass is 294 g/mol. The molecule has 1 heterocycles. The van der Waals surface area contributed by atoms with E-state index in [1.807, 2.05) is 26.8 Å². The van der Waals surface area contributed by atoms with E-state index < -0.39 is 10.0 Å². The topological polar surface area (TPSA) is 61.2 Å². The fraction of sp³-hybridized carbons (Fsp3) is 0.533. The highest BCUT2D eigenvalue weighted by Crippen LogP contribution is 2.24. The first-order valence-electron chi connectivity index (χ1n) is 7.06. The van der Waals surface area contributed by atoms with Gasteiger partial charge in [-0.2, -0.15) is 9.57 Å². The van der Waals surface area contributed by atoms with E-state index in [9.17, 15) is 8.42 Å². The van der Waals surface area contributed by atoms with Gasteiger partial charge in [0.1, 0.15) is 11.0 Å². The highest BCUT2D eigenvalue weighted by molar-refractivity contribution is 7.89. The normalized spacial score (nSPS) is 15.9. The average Bonchev–Trinajstić information content (AvgIpc) is 2.50. The molecule has 1 aliphatic rings. The van der Waals surface area contributed by atoms with Crippen molar-refractivity contribution >= 4 is 10.0 Å². The predicted octanol–water partition coefficient (Wildman–Crippen LogP) is 3.07. The number of hydrogen-bond donors (Lipinski definition) is 0. The lowest BCUT2D eigenvalue weighted by molar-refractivity contribution is 0.346. The Labute approximate surface area is 122 Å². The summed E-state index contributed by atoms with van der Waals surface area (Å²) in [7, 11) is -3.52. The highest BCUT2D eigenvalue weighted by Gasteiger charge is 2.28. The first-order valence-corrected chi connectivity index (χ1v) is 8.50. The van der Waals surface area contributed by atoms with Crippen LogP contribution in [0.5, 0.6) is 0 Å². The van der Waals surface area contributed by atoms with E-state index >= 15 is 0 Å². The average molecular weight is 294 g/mol. The molecule has 0 bridgehead atoms. The van der Waals surface area contributed by atoms with Gasteiger partial charge in [0, 0.05) is 13.1 Å². The van der Waals surface area contributed by atoms with Gasteiger partial charge in [-0.15, -0.1) is 0 Å². The zero-order valence-corrected chi connectivity index (χ0v) is 13.2. The van der Waals surface area contributed by atoms with Crippen molar-refractivity contribution in [1.82, 2.24) is 4.31 Å². The highest BCUT2D eigenvalue weighted by atomic mass is 32.2. The molecular formula is C15H22N2O2S. The third kappa shape index (κ3) is 3.59. The van der Waals surface area contributed by atoms with Crippen LogP contribution in [0.15, 0.2) is 23.1 Å². The van der Waals surface area contributed by atoms with Gasteiger partial charge in [0.15, 0.2) is 0 Å². The van der Waals surface area contributed by atoms with Crippen molar-refractivity contribution in [3.63, 3.8) is 0 Å². The van der Waals surface area contributed by atoms with Gasteiger partial charge in [0.25, 0.3) is 0 Å². The number of nitriles is 1. The van der Waals surface area contributed by atoms with Crippen LogP contribution in [-0.2, 0) is 10.0 Å². The molecule has 2 rings (SSSR count). The second-order valence-corrected chi connectivity index (χ2v) is 6.48. The molecule has 110 valence electrons. The van der Waals surface area contributed by atoms with Gasteiger partial charge in [-0.05, 0) is 37.5 Å². The van der Waals surface area contributed by atoms with Gasteiger partial charge in [-0.3, -0.25) is 0 Å². The predicted molar refractivity (Wildman–Crippen MR) is 79.9 cm³/mol. The smallest absolute Gasteiger partial charge is 0.207 e. The third-order valence-electron chi connectivity index (χ3n) is 3.19. The first kappa shape index (κ1) is 16.7. The van der Waals surface area contributed by atoms with Crippen molar-refractivity contribution in [3.8, 4) is 6.07 Å². The third-order valence-corrected chi connectivity index (χ3v) is 5.13. The molecule has 0 radical (unpaired) electrons. The lowest BCUT2D eigenvalue weighted by Crippen LogP contribution is -2.36. The molecule has 5 heteroatoms. The van der Waals surface area contributed by atoms with Gasteiger partial charge in [-0.25, -0.2) is 8.42 Å². The molecule has 0 aromatic heterocycles. The minimum Gasteiger partial charge on any atom is -0.207 e. The van der Waals surface area contributed by atoms with Gasteiger partial charge >= 0.3 is 0 Å². The molecule has 20 heavy (non-hydrogen) atoms. The Kier molecular flexibility index (Phi) is 6.18. The maximum Gasteiger partial charge on any atom is 0.244 e. The summed E-state index contributed by atoms with van der Waals surface area (Å²) in [5.74, 6) is 0. The van der Waals surface area contributed by atoms with Crippen LogP contribution < -0.4 is 0 Å². The summed E-state index contributed by atoms with van der Waals surface area (Å²) >= 11 is 0. The Balaban J connectivity index is 0.000000956. The largest absolute Gasteiger partial charge is 0.244 e. The van der Waals surface area contributed by atoms with Crippen LogP contribution in [0.2, 0.25) is 0 Å². The fourth-order valence-corrected chi connectivity index (χ4v) is 3.92. The molecule has 4 nitrogen and oxygen atoms in total. The lowest BCUT2D eigenvalue weighted by atomic mass is 10.2. The van der Waals surface area contributed by atoms with Crippen molar-refractivity contribution in [2.24, 2.45) is 0 Å². The van der Waals surface area contributed by atoms with Crippen molar-refractivity contribution in [2.45, 2.75) is 44.9 Å². The molecule has 0 N–H and O–H groups in total. The van der Waals surface area contributed by atoms with Gasteiger partial charge in [0.2, 0.25) is 10.0 Å². The van der Waals surface area contributed by atoms with Gasteiger partial charge in [0.05, 0.1) is 5.56 Å². The summed E-state index contributed by atoms with van der Waals surface area (Å²) in [5, 5.41) is 9.04. The number of nitrogens with zero attached hydrogens (tertiary/aromatic N) is 2. The number of benzene rings is 1. The molecule has 0 aliphatic carbocycles. The first-order chi connectivity index (χ1) is 9.55. The Morgan fingerprint density at radius 3 is 2.30 bits per heavy atom. The van der Waals surface area contributed by atoms with E-state index in [0.717, 1.165) is 24.8 Å². The molecule has 0 unspecified atom stereocenters. The summed E-state index contributed by atoms with van der Waals surface area (Å²) in [6.07, 6.45) is 2.87. The lowest BCUT2D eigenvalue weighted by Gasteiger charge is -2.26. The summed E-state index contributed by atoms with van der Waals surface area (Å²) in [5.41, 5.74) is 1.08. The number of piperidine rings is 1. The Hall–Kier alpha value is -1.38. The maximum absolute atomic E-state index is 12.5. The van der Waals surface area contributed by atoms with Gasteiger partial charge in [-0.1, -0.05) is 26.3 Å². The van der Waals surface area contributed by atoms with Crippen LogP contribution in [-0.4, -0.2) is 25.8 Å². The zero-order chi connectivity index (χ0) is 15.2. The molecule has 0 spiro atoms. The van der Waals surface area contributed by atoms with E-state index in [2.05, 4.69) is 0 Å². The number of aryl methyl sites for hydroxylation is 1. The molecule has 1 aromatic carbocycles. The number of rotatable bonds is 2. The molecule has 0 amide bonds. The standard InChI is InChI=1S/C13H16N2O2S.C2H6/c1-11-5-6-12(10-14)13(9-11)18(16,17)15-7-3-2-4-8-15;1-2/h5-6,9H,2-4,7-8H2,1H3;1-2H3. The minimum absolute atomic E-state index is 0.145. The van der Waals surface area contributed by atoms with E-state index in [1.54, 1.807) is 18.2 Å². The van der Waals surface area contributed by atoms with Crippen LogP contribution in [0.3, 0.4) is 0 Å². The quantitative estimate of drug-likeness (QED) is 0.842. The van der Waals surface area contributed by atoms with Crippen LogP contribution in [0.4, 0.5) is 0 Å². The zero-order valence-electron chi connectivity index (χ0n) is 12.4. The molecule has 1 aromatic rings. The van der Waals surface area contributed by atoms with E-state index in [0.29, 0.717) is 13.1 Å². The second kappa shape index (κ2) is 7.41. The van der Waals surface area contributed by atoms with Crippen molar-refractivity contribution in [1.29, 1.82) is 5.26 Å². The number of hydrogen-bond acceptors (Lipinski definition) is 3. The summed E-state index contributed by atoms with van der Waals surface area (Å²) in [6.45, 7) is 6.94. The van der Waals surface area contributed by atoms with E-state index in [4.69, 9.17) is 5.26 Å².